The number of para-hydroxylation sites is 1. The second-order valence-corrected chi connectivity index (χ2v) is 6.28. The Labute approximate surface area is 146 Å². The van der Waals surface area contributed by atoms with E-state index in [0.717, 1.165) is 28.8 Å². The number of fused-ring (bicyclic) bond motifs is 1. The molecule has 1 unspecified atom stereocenters. The van der Waals surface area contributed by atoms with Gasteiger partial charge in [-0.25, -0.2) is 9.97 Å². The van der Waals surface area contributed by atoms with E-state index in [1.54, 1.807) is 12.5 Å². The van der Waals surface area contributed by atoms with Gasteiger partial charge in [-0.3, -0.25) is 9.48 Å². The first-order valence-electron chi connectivity index (χ1n) is 8.37. The van der Waals surface area contributed by atoms with Crippen molar-refractivity contribution in [1.29, 1.82) is 0 Å². The molecule has 0 aliphatic rings. The molecule has 0 aliphatic heterocycles. The van der Waals surface area contributed by atoms with Crippen LogP contribution in [0.15, 0.2) is 42.9 Å². The molecular formula is C18H23N6O+. The Bertz CT molecular complexity index is 860. The number of nitrogens with zero attached hydrogens (tertiary/aromatic N) is 4. The summed E-state index contributed by atoms with van der Waals surface area (Å²) in [5.41, 5.74) is 8.33. The van der Waals surface area contributed by atoms with Crippen LogP contribution in [-0.4, -0.2) is 32.7 Å². The molecule has 2 atom stereocenters. The fourth-order valence-corrected chi connectivity index (χ4v) is 2.94. The molecule has 0 saturated carbocycles. The molecule has 1 amide bonds. The van der Waals surface area contributed by atoms with Crippen LogP contribution in [0.1, 0.15) is 30.8 Å². The Morgan fingerprint density at radius 3 is 2.84 bits per heavy atom. The molecule has 3 N–H and O–H groups in total. The van der Waals surface area contributed by atoms with Gasteiger partial charge in [0.05, 0.1) is 19.1 Å². The van der Waals surface area contributed by atoms with Gasteiger partial charge in [0.1, 0.15) is 30.3 Å². The van der Waals surface area contributed by atoms with E-state index >= 15 is 0 Å². The quantitative estimate of drug-likeness (QED) is 0.655. The third-order valence-corrected chi connectivity index (χ3v) is 4.54. The maximum Gasteiger partial charge on any atom is 0.219 e. The van der Waals surface area contributed by atoms with E-state index in [2.05, 4.69) is 30.0 Å². The summed E-state index contributed by atoms with van der Waals surface area (Å²) in [6, 6.07) is 10.2. The van der Waals surface area contributed by atoms with Crippen molar-refractivity contribution in [3.05, 3.63) is 54.2 Å². The van der Waals surface area contributed by atoms with Crippen LogP contribution in [0.2, 0.25) is 0 Å². The second kappa shape index (κ2) is 7.40. The molecule has 130 valence electrons. The lowest BCUT2D eigenvalue weighted by Crippen LogP contribution is -3.07. The highest BCUT2D eigenvalue weighted by molar-refractivity contribution is 5.82. The SMILES string of the molecule is C[C@@H](c1ccncn1)[NH+](C)Cc1nn(CCC(N)=O)c2ccccc12. The summed E-state index contributed by atoms with van der Waals surface area (Å²) in [5.74, 6) is -0.318. The van der Waals surface area contributed by atoms with Crippen LogP contribution >= 0.6 is 0 Å². The fraction of sp³-hybridized carbons (Fsp3) is 0.333. The average molecular weight is 339 g/mol. The second-order valence-electron chi connectivity index (χ2n) is 6.28. The van der Waals surface area contributed by atoms with E-state index in [-0.39, 0.29) is 18.4 Å². The van der Waals surface area contributed by atoms with Crippen molar-refractivity contribution in [2.24, 2.45) is 5.73 Å². The summed E-state index contributed by atoms with van der Waals surface area (Å²) in [7, 11) is 2.13. The van der Waals surface area contributed by atoms with Crippen LogP contribution in [0.25, 0.3) is 10.9 Å². The van der Waals surface area contributed by atoms with E-state index in [1.165, 1.54) is 4.90 Å². The van der Waals surface area contributed by atoms with E-state index in [0.29, 0.717) is 6.54 Å². The van der Waals surface area contributed by atoms with Crippen LogP contribution < -0.4 is 10.6 Å². The van der Waals surface area contributed by atoms with Gasteiger partial charge < -0.3 is 10.6 Å². The summed E-state index contributed by atoms with van der Waals surface area (Å²) in [6.45, 7) is 3.40. The molecule has 7 heteroatoms. The summed E-state index contributed by atoms with van der Waals surface area (Å²) >= 11 is 0. The lowest BCUT2D eigenvalue weighted by molar-refractivity contribution is -0.924. The fourth-order valence-electron chi connectivity index (χ4n) is 2.94. The Balaban J connectivity index is 1.84. The number of primary amides is 1. The van der Waals surface area contributed by atoms with Crippen molar-refractivity contribution >= 4 is 16.8 Å². The van der Waals surface area contributed by atoms with Crippen LogP contribution in [-0.2, 0) is 17.9 Å². The number of carbonyl (C=O) groups excluding carboxylic acids is 1. The van der Waals surface area contributed by atoms with E-state index in [9.17, 15) is 4.79 Å². The number of aryl methyl sites for hydroxylation is 1. The number of carbonyl (C=O) groups is 1. The van der Waals surface area contributed by atoms with Crippen LogP contribution in [0, 0.1) is 0 Å². The number of hydrogen-bond donors (Lipinski definition) is 2. The van der Waals surface area contributed by atoms with Crippen molar-refractivity contribution < 1.29 is 9.69 Å². The maximum absolute atomic E-state index is 11.1. The Morgan fingerprint density at radius 2 is 2.12 bits per heavy atom. The molecule has 3 rings (SSSR count). The zero-order valence-electron chi connectivity index (χ0n) is 14.5. The third kappa shape index (κ3) is 3.83. The smallest absolute Gasteiger partial charge is 0.219 e. The molecule has 2 heterocycles. The van der Waals surface area contributed by atoms with Gasteiger partial charge in [0, 0.05) is 18.0 Å². The van der Waals surface area contributed by atoms with Crippen LogP contribution in [0.4, 0.5) is 0 Å². The zero-order chi connectivity index (χ0) is 17.8. The number of nitrogens with one attached hydrogen (secondary N) is 1. The van der Waals surface area contributed by atoms with E-state index in [1.807, 2.05) is 28.9 Å². The first-order chi connectivity index (χ1) is 12.1. The summed E-state index contributed by atoms with van der Waals surface area (Å²) < 4.78 is 1.87. The first kappa shape index (κ1) is 17.0. The molecule has 0 bridgehead atoms. The number of quaternary nitrogens is 1. The topological polar surface area (TPSA) is 91.1 Å². The minimum Gasteiger partial charge on any atom is -0.370 e. The molecule has 0 fully saturated rings. The van der Waals surface area contributed by atoms with Crippen molar-refractivity contribution in [1.82, 2.24) is 19.7 Å². The molecular weight excluding hydrogens is 316 g/mol. The Morgan fingerprint density at radius 1 is 1.32 bits per heavy atom. The van der Waals surface area contributed by atoms with Crippen LogP contribution in [0.5, 0.6) is 0 Å². The summed E-state index contributed by atoms with van der Waals surface area (Å²) in [4.78, 5) is 20.7. The Kier molecular flexibility index (Phi) is 5.04. The van der Waals surface area contributed by atoms with Gasteiger partial charge in [-0.1, -0.05) is 18.2 Å². The lowest BCUT2D eigenvalue weighted by atomic mass is 10.1. The third-order valence-electron chi connectivity index (χ3n) is 4.54. The monoisotopic (exact) mass is 339 g/mol. The summed E-state index contributed by atoms with van der Waals surface area (Å²) in [5, 5.41) is 5.84. The number of amides is 1. The van der Waals surface area contributed by atoms with Gasteiger partial charge in [0.2, 0.25) is 5.91 Å². The standard InChI is InChI=1S/C18H22N6O/c1-13(15-7-9-20-12-21-15)23(2)11-16-14-5-3-4-6-17(14)24(22-16)10-8-18(19)25/h3-7,9,12-13H,8,10-11H2,1-2H3,(H2,19,25)/p+1/t13-/m0/s1. The zero-order valence-corrected chi connectivity index (χ0v) is 14.5. The predicted octanol–water partition coefficient (Wildman–Crippen LogP) is 0.478. The normalized spacial score (nSPS) is 13.7. The molecule has 0 saturated heterocycles. The highest BCUT2D eigenvalue weighted by Crippen LogP contribution is 2.18. The minimum atomic E-state index is -0.318. The van der Waals surface area contributed by atoms with Crippen molar-refractivity contribution in [2.75, 3.05) is 7.05 Å². The molecule has 3 aromatic rings. The summed E-state index contributed by atoms with van der Waals surface area (Å²) in [6.07, 6.45) is 3.62. The number of hydrogen-bond acceptors (Lipinski definition) is 4. The molecule has 0 aliphatic carbocycles. The molecule has 1 aromatic carbocycles. The van der Waals surface area contributed by atoms with Gasteiger partial charge in [0.15, 0.2) is 0 Å². The maximum atomic E-state index is 11.1. The van der Waals surface area contributed by atoms with Gasteiger partial charge >= 0.3 is 0 Å². The van der Waals surface area contributed by atoms with Gasteiger partial charge in [0.25, 0.3) is 0 Å². The Hall–Kier alpha value is -2.80. The highest BCUT2D eigenvalue weighted by Gasteiger charge is 2.20. The largest absolute Gasteiger partial charge is 0.370 e. The predicted molar refractivity (Wildman–Crippen MR) is 94.6 cm³/mol. The molecule has 7 nitrogen and oxygen atoms in total. The van der Waals surface area contributed by atoms with Crippen molar-refractivity contribution in [3.8, 4) is 0 Å². The average Bonchev–Trinajstić information content (AvgIpc) is 2.98. The van der Waals surface area contributed by atoms with Gasteiger partial charge in [-0.2, -0.15) is 5.10 Å². The molecule has 0 spiro atoms. The molecule has 2 aromatic heterocycles. The lowest BCUT2D eigenvalue weighted by Gasteiger charge is -2.20. The number of benzene rings is 1. The minimum absolute atomic E-state index is 0.220. The van der Waals surface area contributed by atoms with E-state index in [4.69, 9.17) is 10.8 Å². The van der Waals surface area contributed by atoms with Crippen molar-refractivity contribution in [2.45, 2.75) is 32.5 Å². The van der Waals surface area contributed by atoms with Gasteiger partial charge in [-0.05, 0) is 19.1 Å². The number of aromatic nitrogens is 4. The van der Waals surface area contributed by atoms with Crippen molar-refractivity contribution in [3.63, 3.8) is 0 Å². The number of nitrogens with two attached hydrogens (primary N) is 1. The van der Waals surface area contributed by atoms with Crippen LogP contribution in [0.3, 0.4) is 0 Å². The first-order valence-corrected chi connectivity index (χ1v) is 8.37. The number of rotatable bonds is 7. The highest BCUT2D eigenvalue weighted by atomic mass is 16.1. The van der Waals surface area contributed by atoms with Gasteiger partial charge in [-0.15, -0.1) is 0 Å². The molecule has 0 radical (unpaired) electrons. The van der Waals surface area contributed by atoms with E-state index < -0.39 is 0 Å². The molecule has 25 heavy (non-hydrogen) atoms.